The van der Waals surface area contributed by atoms with Gasteiger partial charge >= 0.3 is 0 Å². The topological polar surface area (TPSA) is 43.9 Å². The monoisotopic (exact) mass is 401 g/mol. The zero-order chi connectivity index (χ0) is 17.6. The van der Waals surface area contributed by atoms with Crippen LogP contribution in [0.15, 0.2) is 11.0 Å². The first-order valence-electron chi connectivity index (χ1n) is 7.39. The van der Waals surface area contributed by atoms with Gasteiger partial charge in [0.25, 0.3) is 0 Å². The highest BCUT2D eigenvalue weighted by molar-refractivity contribution is 7.89. The Labute approximate surface area is 153 Å². The van der Waals surface area contributed by atoms with Gasteiger partial charge in [-0.3, -0.25) is 0 Å². The lowest BCUT2D eigenvalue weighted by atomic mass is 10.3. The Hall–Kier alpha value is 0.110. The molecule has 0 unspecified atom stereocenters. The number of thiophene rings is 1. The Morgan fingerprint density at radius 3 is 1.78 bits per heavy atom. The van der Waals surface area contributed by atoms with Gasteiger partial charge in [-0.25, -0.2) is 8.42 Å². The average Bonchev–Trinajstić information content (AvgIpc) is 2.76. The molecule has 0 saturated carbocycles. The second kappa shape index (κ2) is 9.56. The minimum absolute atomic E-state index is 0.115. The number of nitrogens with zero attached hydrogens (tertiary/aromatic N) is 3. The molecule has 1 aromatic heterocycles. The number of halogens is 2. The minimum Gasteiger partial charge on any atom is -0.309 e. The molecule has 23 heavy (non-hydrogen) atoms. The lowest BCUT2D eigenvalue weighted by molar-refractivity contribution is 0.326. The highest BCUT2D eigenvalue weighted by atomic mass is 35.5. The third-order valence-electron chi connectivity index (χ3n) is 3.27. The molecule has 0 fully saturated rings. The van der Waals surface area contributed by atoms with E-state index in [0.29, 0.717) is 17.4 Å². The zero-order valence-corrected chi connectivity index (χ0v) is 17.2. The lowest BCUT2D eigenvalue weighted by Crippen LogP contribution is -2.35. The van der Waals surface area contributed by atoms with Crippen LogP contribution in [0.25, 0.3) is 0 Å². The van der Waals surface area contributed by atoms with Crippen molar-refractivity contribution >= 4 is 44.6 Å². The summed E-state index contributed by atoms with van der Waals surface area (Å²) in [5.74, 6) is 0. The van der Waals surface area contributed by atoms with Crippen molar-refractivity contribution in [2.24, 2.45) is 0 Å². The van der Waals surface area contributed by atoms with Crippen LogP contribution >= 0.6 is 34.5 Å². The highest BCUT2D eigenvalue weighted by Crippen LogP contribution is 2.35. The summed E-state index contributed by atoms with van der Waals surface area (Å²) in [6, 6.07) is 1.44. The first-order chi connectivity index (χ1) is 10.6. The van der Waals surface area contributed by atoms with Crippen LogP contribution < -0.4 is 0 Å². The average molecular weight is 402 g/mol. The molecule has 0 N–H and O–H groups in total. The van der Waals surface area contributed by atoms with Crippen LogP contribution in [0.5, 0.6) is 0 Å². The largest absolute Gasteiger partial charge is 0.309 e. The maximum absolute atomic E-state index is 12.9. The van der Waals surface area contributed by atoms with Gasteiger partial charge in [-0.05, 0) is 60.2 Å². The summed E-state index contributed by atoms with van der Waals surface area (Å²) in [7, 11) is 4.27. The van der Waals surface area contributed by atoms with Gasteiger partial charge in [0.05, 0.1) is 4.34 Å². The van der Waals surface area contributed by atoms with Crippen molar-refractivity contribution < 1.29 is 8.42 Å². The van der Waals surface area contributed by atoms with Crippen LogP contribution in [-0.2, 0) is 10.0 Å². The number of hydrogen-bond acceptors (Lipinski definition) is 5. The van der Waals surface area contributed by atoms with E-state index in [2.05, 4.69) is 0 Å². The number of sulfonamides is 1. The molecule has 1 aromatic rings. The molecule has 0 amide bonds. The van der Waals surface area contributed by atoms with Gasteiger partial charge < -0.3 is 9.80 Å². The summed E-state index contributed by atoms with van der Waals surface area (Å²) in [6.07, 6.45) is 1.54. The van der Waals surface area contributed by atoms with Crippen molar-refractivity contribution in [1.82, 2.24) is 14.1 Å². The Morgan fingerprint density at radius 1 is 0.957 bits per heavy atom. The van der Waals surface area contributed by atoms with Crippen LogP contribution in [0, 0.1) is 0 Å². The second-order valence-corrected chi connectivity index (χ2v) is 10.1. The van der Waals surface area contributed by atoms with Gasteiger partial charge in [-0.1, -0.05) is 23.2 Å². The van der Waals surface area contributed by atoms with E-state index in [-0.39, 0.29) is 9.23 Å². The summed E-state index contributed by atoms with van der Waals surface area (Å²) >= 11 is 13.0. The molecule has 1 heterocycles. The van der Waals surface area contributed by atoms with Crippen molar-refractivity contribution in [1.29, 1.82) is 0 Å². The van der Waals surface area contributed by atoms with Crippen LogP contribution in [0.1, 0.15) is 12.8 Å². The first-order valence-corrected chi connectivity index (χ1v) is 10.4. The van der Waals surface area contributed by atoms with Crippen molar-refractivity contribution in [3.05, 3.63) is 14.7 Å². The normalized spacial score (nSPS) is 12.7. The Morgan fingerprint density at radius 2 is 1.43 bits per heavy atom. The molecule has 0 bridgehead atoms. The summed E-state index contributed by atoms with van der Waals surface area (Å²) in [5, 5.41) is 0. The number of hydrogen-bond donors (Lipinski definition) is 0. The Kier molecular flexibility index (Phi) is 8.79. The fourth-order valence-electron chi connectivity index (χ4n) is 2.12. The van der Waals surface area contributed by atoms with Crippen LogP contribution in [0.3, 0.4) is 0 Å². The van der Waals surface area contributed by atoms with E-state index < -0.39 is 10.0 Å². The molecule has 134 valence electrons. The van der Waals surface area contributed by atoms with E-state index in [1.165, 1.54) is 10.4 Å². The maximum atomic E-state index is 12.9. The van der Waals surface area contributed by atoms with Gasteiger partial charge in [-0.15, -0.1) is 11.3 Å². The summed E-state index contributed by atoms with van der Waals surface area (Å²) < 4.78 is 27.9. The summed E-state index contributed by atoms with van der Waals surface area (Å²) in [4.78, 5) is 4.20. The quantitative estimate of drug-likeness (QED) is 0.604. The van der Waals surface area contributed by atoms with Crippen LogP contribution in [0.2, 0.25) is 8.67 Å². The highest BCUT2D eigenvalue weighted by Gasteiger charge is 2.28. The fourth-order valence-corrected chi connectivity index (χ4v) is 5.75. The van der Waals surface area contributed by atoms with E-state index in [1.54, 1.807) is 0 Å². The smallest absolute Gasteiger partial charge is 0.245 e. The second-order valence-electron chi connectivity index (χ2n) is 5.91. The minimum atomic E-state index is -3.62. The number of rotatable bonds is 10. The fraction of sp³-hybridized carbons (Fsp3) is 0.714. The van der Waals surface area contributed by atoms with Crippen molar-refractivity contribution in [2.45, 2.75) is 17.7 Å². The van der Waals surface area contributed by atoms with Crippen molar-refractivity contribution in [3.63, 3.8) is 0 Å². The molecule has 9 heteroatoms. The summed E-state index contributed by atoms with van der Waals surface area (Å²) in [5.41, 5.74) is 0. The molecule has 0 spiro atoms. The maximum Gasteiger partial charge on any atom is 0.245 e. The van der Waals surface area contributed by atoms with Crippen molar-refractivity contribution in [3.8, 4) is 0 Å². The standard InChI is InChI=1S/C14H25Cl2N3O2S2/c1-17(2)7-5-9-19(10-6-8-18(3)4)23(20,21)12-11-13(15)22-14(12)16/h11H,5-10H2,1-4H3. The Bertz CT molecular complexity index is 575. The molecule has 5 nitrogen and oxygen atoms in total. The van der Waals surface area contributed by atoms with Crippen molar-refractivity contribution in [2.75, 3.05) is 54.4 Å². The van der Waals surface area contributed by atoms with E-state index in [4.69, 9.17) is 23.2 Å². The van der Waals surface area contributed by atoms with Gasteiger partial charge in [0.15, 0.2) is 0 Å². The molecule has 0 atom stereocenters. The zero-order valence-electron chi connectivity index (χ0n) is 14.1. The van der Waals surface area contributed by atoms with Gasteiger partial charge in [0.2, 0.25) is 10.0 Å². The predicted molar refractivity (Wildman–Crippen MR) is 99.4 cm³/mol. The predicted octanol–water partition coefficient (Wildman–Crippen LogP) is 2.95. The summed E-state index contributed by atoms with van der Waals surface area (Å²) in [6.45, 7) is 2.60. The molecular weight excluding hydrogens is 377 g/mol. The SMILES string of the molecule is CN(C)CCCN(CCCN(C)C)S(=O)(=O)c1cc(Cl)sc1Cl. The van der Waals surface area contributed by atoms with E-state index in [9.17, 15) is 8.42 Å². The molecule has 0 saturated heterocycles. The third kappa shape index (κ3) is 6.86. The first kappa shape index (κ1) is 21.2. The third-order valence-corrected chi connectivity index (χ3v) is 6.92. The molecule has 1 rings (SSSR count). The molecule has 0 aliphatic rings. The molecule has 0 radical (unpaired) electrons. The van der Waals surface area contributed by atoms with E-state index in [1.807, 2.05) is 38.0 Å². The van der Waals surface area contributed by atoms with E-state index in [0.717, 1.165) is 37.3 Å². The van der Waals surface area contributed by atoms with Gasteiger partial charge in [-0.2, -0.15) is 4.31 Å². The molecule has 0 aromatic carbocycles. The molecule has 0 aliphatic carbocycles. The van der Waals surface area contributed by atoms with E-state index >= 15 is 0 Å². The Balaban J connectivity index is 2.89. The lowest BCUT2D eigenvalue weighted by Gasteiger charge is -2.23. The molecule has 0 aliphatic heterocycles. The van der Waals surface area contributed by atoms with Gasteiger partial charge in [0.1, 0.15) is 9.23 Å². The van der Waals surface area contributed by atoms with Crippen LogP contribution in [0.4, 0.5) is 0 Å². The van der Waals surface area contributed by atoms with Gasteiger partial charge in [0, 0.05) is 13.1 Å². The molecular formula is C14H25Cl2N3O2S2. The van der Waals surface area contributed by atoms with Crippen LogP contribution in [-0.4, -0.2) is 76.9 Å².